The third-order valence-corrected chi connectivity index (χ3v) is 12.2. The van der Waals surface area contributed by atoms with Crippen molar-refractivity contribution >= 4 is 0 Å². The first-order chi connectivity index (χ1) is 27.8. The van der Waals surface area contributed by atoms with Crippen molar-refractivity contribution in [2.24, 2.45) is 0 Å². The summed E-state index contributed by atoms with van der Waals surface area (Å²) in [5.41, 5.74) is 7.78. The molecule has 0 saturated heterocycles. The van der Waals surface area contributed by atoms with E-state index in [0.717, 1.165) is 19.3 Å². The fourth-order valence-corrected chi connectivity index (χ4v) is 10.3. The van der Waals surface area contributed by atoms with Gasteiger partial charge in [-0.25, -0.2) is 0 Å². The number of unbranched alkanes of at least 4 members (excludes halogenated alkanes) is 1. The van der Waals surface area contributed by atoms with Crippen LogP contribution < -0.4 is 0 Å². The van der Waals surface area contributed by atoms with Gasteiger partial charge in [-0.1, -0.05) is 262 Å². The van der Waals surface area contributed by atoms with Gasteiger partial charge < -0.3 is 0 Å². The van der Waals surface area contributed by atoms with Crippen molar-refractivity contribution in [3.63, 3.8) is 0 Å². The molecule has 0 heteroatoms. The summed E-state index contributed by atoms with van der Waals surface area (Å²) in [4.78, 5) is 0. The third-order valence-electron chi connectivity index (χ3n) is 12.2. The van der Waals surface area contributed by atoms with Crippen molar-refractivity contribution in [2.45, 2.75) is 48.3 Å². The van der Waals surface area contributed by atoms with Gasteiger partial charge in [0.1, 0.15) is 0 Å². The van der Waals surface area contributed by atoms with Crippen LogP contribution in [0.25, 0.3) is 0 Å². The summed E-state index contributed by atoms with van der Waals surface area (Å²) in [5.74, 6) is 0.0318. The Kier molecular flexibility index (Phi) is 10.9. The van der Waals surface area contributed by atoms with E-state index in [-0.39, 0.29) is 5.92 Å². The van der Waals surface area contributed by atoms with Crippen LogP contribution in [0.5, 0.6) is 0 Å². The van der Waals surface area contributed by atoms with Crippen molar-refractivity contribution in [2.75, 3.05) is 0 Å². The van der Waals surface area contributed by atoms with E-state index in [1.165, 1.54) is 44.5 Å². The first-order valence-corrected chi connectivity index (χ1v) is 20.2. The highest BCUT2D eigenvalue weighted by Gasteiger charge is 2.69. The van der Waals surface area contributed by atoms with Gasteiger partial charge in [0.05, 0.1) is 10.8 Å². The molecule has 0 heterocycles. The summed E-state index contributed by atoms with van der Waals surface area (Å²) in [6.07, 6.45) is 3.16. The summed E-state index contributed by atoms with van der Waals surface area (Å²) >= 11 is 0. The highest BCUT2D eigenvalue weighted by Crippen LogP contribution is 2.70. The molecule has 0 aliphatic heterocycles. The summed E-state index contributed by atoms with van der Waals surface area (Å²) in [5, 5.41) is 0. The minimum Gasteiger partial charge on any atom is -0.0654 e. The normalized spacial score (nSPS) is 12.5. The van der Waals surface area contributed by atoms with Crippen molar-refractivity contribution < 1.29 is 0 Å². The van der Waals surface area contributed by atoms with E-state index in [1.807, 2.05) is 0 Å². The lowest BCUT2D eigenvalue weighted by atomic mass is 9.35. The second-order valence-electron chi connectivity index (χ2n) is 15.0. The topological polar surface area (TPSA) is 0 Å². The van der Waals surface area contributed by atoms with Crippen molar-refractivity contribution in [1.29, 1.82) is 0 Å². The van der Waals surface area contributed by atoms with Gasteiger partial charge in [-0.15, -0.1) is 0 Å². The van der Waals surface area contributed by atoms with Crippen LogP contribution >= 0.6 is 0 Å². The molecule has 0 aliphatic carbocycles. The molecule has 8 rings (SSSR count). The lowest BCUT2D eigenvalue weighted by molar-refractivity contribution is 0.178. The lowest BCUT2D eigenvalue weighted by Crippen LogP contribution is -2.65. The molecule has 56 heavy (non-hydrogen) atoms. The van der Waals surface area contributed by atoms with Crippen LogP contribution in [0.3, 0.4) is 0 Å². The van der Waals surface area contributed by atoms with Crippen molar-refractivity contribution in [3.05, 3.63) is 287 Å². The van der Waals surface area contributed by atoms with Gasteiger partial charge >= 0.3 is 0 Å². The maximum absolute atomic E-state index is 2.42. The van der Waals surface area contributed by atoms with E-state index in [9.17, 15) is 0 Å². The van der Waals surface area contributed by atoms with E-state index in [1.54, 1.807) is 0 Å². The van der Waals surface area contributed by atoms with Gasteiger partial charge in [0.25, 0.3) is 0 Å². The molecule has 0 nitrogen and oxygen atoms in total. The van der Waals surface area contributed by atoms with E-state index < -0.39 is 16.2 Å². The average molecular weight is 723 g/mol. The van der Waals surface area contributed by atoms with Crippen molar-refractivity contribution in [3.8, 4) is 0 Å². The second kappa shape index (κ2) is 16.6. The fourth-order valence-electron chi connectivity index (χ4n) is 10.3. The Morgan fingerprint density at radius 3 is 0.893 bits per heavy atom. The monoisotopic (exact) mass is 722 g/mol. The van der Waals surface area contributed by atoms with Gasteiger partial charge in [0, 0.05) is 5.41 Å². The Labute approximate surface area is 334 Å². The van der Waals surface area contributed by atoms with E-state index in [2.05, 4.69) is 250 Å². The third kappa shape index (κ3) is 6.02. The fraction of sp³-hybridized carbons (Fsp3) is 0.143. The predicted octanol–water partition coefficient (Wildman–Crippen LogP) is 14.0. The molecule has 0 spiro atoms. The summed E-state index contributed by atoms with van der Waals surface area (Å²) in [7, 11) is 0. The largest absolute Gasteiger partial charge is 0.0654 e. The maximum atomic E-state index is 2.42. The van der Waals surface area contributed by atoms with Crippen molar-refractivity contribution in [1.82, 2.24) is 0 Å². The number of benzene rings is 8. The Morgan fingerprint density at radius 1 is 0.321 bits per heavy atom. The first kappa shape index (κ1) is 36.7. The van der Waals surface area contributed by atoms with Crippen LogP contribution in [-0.2, 0) is 16.2 Å². The quantitative estimate of drug-likeness (QED) is 0.0981. The number of hydrogen-bond donors (Lipinski definition) is 0. The van der Waals surface area contributed by atoms with Crippen LogP contribution in [0.2, 0.25) is 0 Å². The molecule has 0 N–H and O–H groups in total. The molecular formula is C56H50. The number of rotatable bonds is 14. The molecular weight excluding hydrogens is 673 g/mol. The Morgan fingerprint density at radius 2 is 0.589 bits per heavy atom. The molecule has 8 aromatic rings. The molecule has 0 radical (unpaired) electrons. The SMILES string of the molecule is CCCCC(c1ccccc1)C(c1ccccc1)(c1ccccc1)C(c1ccccc1)(c1ccccc1)C(c1ccccc1)(c1ccccc1)c1ccccc1. The Bertz CT molecular complexity index is 2180. The zero-order valence-electron chi connectivity index (χ0n) is 32.3. The molecule has 0 bridgehead atoms. The Balaban J connectivity index is 1.78. The van der Waals surface area contributed by atoms with E-state index >= 15 is 0 Å². The first-order valence-electron chi connectivity index (χ1n) is 20.2. The minimum atomic E-state index is -0.844. The van der Waals surface area contributed by atoms with Gasteiger partial charge in [0.2, 0.25) is 0 Å². The van der Waals surface area contributed by atoms with Crippen LogP contribution in [0, 0.1) is 0 Å². The summed E-state index contributed by atoms with van der Waals surface area (Å²) in [6.45, 7) is 2.33. The predicted molar refractivity (Wildman–Crippen MR) is 235 cm³/mol. The Hall–Kier alpha value is -6.24. The van der Waals surface area contributed by atoms with E-state index in [4.69, 9.17) is 0 Å². The van der Waals surface area contributed by atoms with E-state index in [0.29, 0.717) is 0 Å². The lowest BCUT2D eigenvalue weighted by Gasteiger charge is -2.65. The van der Waals surface area contributed by atoms with Crippen LogP contribution in [0.4, 0.5) is 0 Å². The van der Waals surface area contributed by atoms with Gasteiger partial charge in [-0.3, -0.25) is 0 Å². The molecule has 0 aliphatic rings. The highest BCUT2D eigenvalue weighted by molar-refractivity contribution is 5.70. The summed E-state index contributed by atoms with van der Waals surface area (Å²) < 4.78 is 0. The maximum Gasteiger partial charge on any atom is 0.0600 e. The van der Waals surface area contributed by atoms with Gasteiger partial charge in [-0.05, 0) is 56.8 Å². The zero-order valence-corrected chi connectivity index (χ0v) is 32.3. The van der Waals surface area contributed by atoms with Gasteiger partial charge in [-0.2, -0.15) is 0 Å². The highest BCUT2D eigenvalue weighted by atomic mass is 14.7. The molecule has 8 aromatic carbocycles. The second-order valence-corrected chi connectivity index (χ2v) is 15.0. The molecule has 274 valence electrons. The summed E-state index contributed by atoms with van der Waals surface area (Å²) in [6, 6.07) is 91.6. The average Bonchev–Trinajstić information content (AvgIpc) is 3.30. The van der Waals surface area contributed by atoms with Crippen LogP contribution in [-0.4, -0.2) is 0 Å². The molecule has 0 fully saturated rings. The molecule has 1 atom stereocenters. The zero-order chi connectivity index (χ0) is 38.1. The molecule has 1 unspecified atom stereocenters. The molecule has 0 saturated carbocycles. The standard InChI is InChI=1S/C56H50/c1-2-3-44-53(45-28-12-4-13-29-45)55(49-36-20-8-21-37-49,50-38-22-9-23-39-50)56(51-40-24-10-25-41-51,52-42-26-11-27-43-52)54(46-30-14-5-15-31-46,47-32-16-6-17-33-47)48-34-18-7-19-35-48/h4-43,53H,2-3,44H2,1H3. The molecule has 0 aromatic heterocycles. The van der Waals surface area contributed by atoms with Crippen LogP contribution in [0.1, 0.15) is 76.6 Å². The minimum absolute atomic E-state index is 0.0318. The molecule has 0 amide bonds. The number of hydrogen-bond acceptors (Lipinski definition) is 0. The smallest absolute Gasteiger partial charge is 0.0600 e. The van der Waals surface area contributed by atoms with Gasteiger partial charge in [0.15, 0.2) is 0 Å². The van der Waals surface area contributed by atoms with Crippen LogP contribution in [0.15, 0.2) is 243 Å².